The predicted octanol–water partition coefficient (Wildman–Crippen LogP) is 8.32. The molecule has 0 saturated heterocycles. The second-order valence-corrected chi connectivity index (χ2v) is 11.4. The van der Waals surface area contributed by atoms with E-state index in [4.69, 9.17) is 4.74 Å². The van der Waals surface area contributed by atoms with E-state index in [1.807, 2.05) is 6.07 Å². The van der Waals surface area contributed by atoms with Crippen molar-refractivity contribution in [2.24, 2.45) is 0 Å². The van der Waals surface area contributed by atoms with Gasteiger partial charge in [-0.2, -0.15) is 8.42 Å². The van der Waals surface area contributed by atoms with Crippen LogP contribution in [0.1, 0.15) is 128 Å². The molecule has 192 valence electrons. The van der Waals surface area contributed by atoms with Crippen LogP contribution in [0.15, 0.2) is 18.2 Å². The van der Waals surface area contributed by atoms with E-state index in [2.05, 4.69) is 26.0 Å². The molecule has 1 rings (SSSR count). The summed E-state index contributed by atoms with van der Waals surface area (Å²) in [7, 11) is -4.01. The van der Waals surface area contributed by atoms with Gasteiger partial charge in [0.2, 0.25) is 0 Å². The van der Waals surface area contributed by atoms with Crippen molar-refractivity contribution in [3.8, 4) is 5.75 Å². The van der Waals surface area contributed by atoms with E-state index in [9.17, 15) is 13.0 Å². The van der Waals surface area contributed by atoms with Crippen molar-refractivity contribution in [3.63, 3.8) is 0 Å². The number of rotatable bonds is 21. The average molecular weight is 483 g/mol. The van der Waals surface area contributed by atoms with Crippen molar-refractivity contribution in [1.82, 2.24) is 0 Å². The molecule has 0 radical (unpaired) electrons. The standard InChI is InChI=1S/C28H50O4S/c1-4-6-8-10-12-14-16-19-26-20-18-22-28(32-24-23-25(3)33(29,30)31)27(26)21-17-15-13-11-9-7-5-2/h18,20,22,25H,4-17,19,21,23-24H2,1-3H3,(H,29,30,31). The van der Waals surface area contributed by atoms with Gasteiger partial charge in [0.05, 0.1) is 11.9 Å². The maximum absolute atomic E-state index is 11.3. The molecule has 0 fully saturated rings. The van der Waals surface area contributed by atoms with E-state index in [0.29, 0.717) is 6.61 Å². The minimum Gasteiger partial charge on any atom is -0.493 e. The Bertz CT molecular complexity index is 715. The van der Waals surface area contributed by atoms with Crippen molar-refractivity contribution < 1.29 is 17.7 Å². The largest absolute Gasteiger partial charge is 0.493 e. The van der Waals surface area contributed by atoms with Gasteiger partial charge in [0, 0.05) is 6.42 Å². The van der Waals surface area contributed by atoms with E-state index < -0.39 is 15.4 Å². The van der Waals surface area contributed by atoms with Crippen molar-refractivity contribution in [1.29, 1.82) is 0 Å². The van der Waals surface area contributed by atoms with Gasteiger partial charge in [0.15, 0.2) is 0 Å². The molecule has 0 amide bonds. The van der Waals surface area contributed by atoms with Gasteiger partial charge in [0.25, 0.3) is 10.1 Å². The van der Waals surface area contributed by atoms with Crippen molar-refractivity contribution >= 4 is 10.1 Å². The lowest BCUT2D eigenvalue weighted by Gasteiger charge is -2.17. The molecule has 0 bridgehead atoms. The lowest BCUT2D eigenvalue weighted by molar-refractivity contribution is 0.303. The Balaban J connectivity index is 2.65. The van der Waals surface area contributed by atoms with Crippen LogP contribution < -0.4 is 4.74 Å². The van der Waals surface area contributed by atoms with E-state index >= 15 is 0 Å². The fourth-order valence-electron chi connectivity index (χ4n) is 4.28. The Hall–Kier alpha value is -1.07. The normalized spacial score (nSPS) is 12.7. The summed E-state index contributed by atoms with van der Waals surface area (Å²) < 4.78 is 37.8. The molecule has 0 aromatic heterocycles. The van der Waals surface area contributed by atoms with Crippen molar-refractivity contribution in [3.05, 3.63) is 29.3 Å². The molecule has 5 heteroatoms. The Morgan fingerprint density at radius 1 is 0.788 bits per heavy atom. The van der Waals surface area contributed by atoms with Gasteiger partial charge >= 0.3 is 0 Å². The average Bonchev–Trinajstić information content (AvgIpc) is 2.78. The third-order valence-corrected chi connectivity index (χ3v) is 7.85. The Morgan fingerprint density at radius 2 is 1.30 bits per heavy atom. The molecule has 0 aliphatic carbocycles. The van der Waals surface area contributed by atoms with Gasteiger partial charge in [-0.15, -0.1) is 0 Å². The van der Waals surface area contributed by atoms with Crippen LogP contribution in [0.4, 0.5) is 0 Å². The van der Waals surface area contributed by atoms with Gasteiger partial charge in [-0.05, 0) is 49.8 Å². The topological polar surface area (TPSA) is 63.6 Å². The van der Waals surface area contributed by atoms with Crippen LogP contribution in [-0.4, -0.2) is 24.8 Å². The van der Waals surface area contributed by atoms with E-state index in [1.165, 1.54) is 102 Å². The lowest BCUT2D eigenvalue weighted by atomic mass is 9.95. The summed E-state index contributed by atoms with van der Waals surface area (Å²) >= 11 is 0. The van der Waals surface area contributed by atoms with E-state index in [1.54, 1.807) is 0 Å². The van der Waals surface area contributed by atoms with Crippen LogP contribution in [0.5, 0.6) is 5.75 Å². The first-order chi connectivity index (χ1) is 15.9. The zero-order valence-electron chi connectivity index (χ0n) is 21.6. The van der Waals surface area contributed by atoms with Gasteiger partial charge in [-0.3, -0.25) is 4.55 Å². The van der Waals surface area contributed by atoms with Crippen LogP contribution in [-0.2, 0) is 23.0 Å². The quantitative estimate of drug-likeness (QED) is 0.141. The lowest BCUT2D eigenvalue weighted by Crippen LogP contribution is -2.19. The van der Waals surface area contributed by atoms with Crippen LogP contribution in [0.2, 0.25) is 0 Å². The van der Waals surface area contributed by atoms with Crippen LogP contribution in [0.25, 0.3) is 0 Å². The monoisotopic (exact) mass is 482 g/mol. The molecule has 0 aliphatic heterocycles. The second kappa shape index (κ2) is 18.3. The van der Waals surface area contributed by atoms with Crippen molar-refractivity contribution in [2.75, 3.05) is 6.61 Å². The Kier molecular flexibility index (Phi) is 16.6. The fraction of sp³-hybridized carbons (Fsp3) is 0.786. The molecule has 0 aliphatic rings. The second-order valence-electron chi connectivity index (χ2n) is 9.60. The summed E-state index contributed by atoms with van der Waals surface area (Å²) in [6, 6.07) is 6.32. The minimum absolute atomic E-state index is 0.289. The smallest absolute Gasteiger partial charge is 0.267 e. The number of hydrogen-bond donors (Lipinski definition) is 1. The summed E-state index contributed by atoms with van der Waals surface area (Å²) in [6.07, 6.45) is 20.5. The molecule has 1 unspecified atom stereocenters. The molecular weight excluding hydrogens is 432 g/mol. The summed E-state index contributed by atoms with van der Waals surface area (Å²) in [6.45, 7) is 6.33. The fourth-order valence-corrected chi connectivity index (χ4v) is 4.67. The maximum Gasteiger partial charge on any atom is 0.267 e. The highest BCUT2D eigenvalue weighted by Gasteiger charge is 2.17. The van der Waals surface area contributed by atoms with Crippen LogP contribution >= 0.6 is 0 Å². The molecule has 1 aromatic rings. The molecule has 0 saturated carbocycles. The first-order valence-corrected chi connectivity index (χ1v) is 15.1. The number of unbranched alkanes of at least 4 members (excludes halogenated alkanes) is 12. The molecular formula is C28H50O4S. The van der Waals surface area contributed by atoms with E-state index in [-0.39, 0.29) is 6.42 Å². The summed E-state index contributed by atoms with van der Waals surface area (Å²) in [5.41, 5.74) is 2.69. The number of hydrogen-bond acceptors (Lipinski definition) is 3. The summed E-state index contributed by atoms with van der Waals surface area (Å²) in [5.74, 6) is 0.893. The number of ether oxygens (including phenoxy) is 1. The zero-order valence-corrected chi connectivity index (χ0v) is 22.4. The van der Waals surface area contributed by atoms with Crippen LogP contribution in [0.3, 0.4) is 0 Å². The first-order valence-electron chi connectivity index (χ1n) is 13.6. The molecule has 1 N–H and O–H groups in total. The van der Waals surface area contributed by atoms with Gasteiger partial charge < -0.3 is 4.74 Å². The number of benzene rings is 1. The molecule has 33 heavy (non-hydrogen) atoms. The van der Waals surface area contributed by atoms with Gasteiger partial charge in [0.1, 0.15) is 5.75 Å². The Morgan fingerprint density at radius 3 is 1.85 bits per heavy atom. The van der Waals surface area contributed by atoms with E-state index in [0.717, 1.165) is 25.0 Å². The Labute approximate surface area is 204 Å². The molecule has 1 atom stereocenters. The molecule has 1 aromatic carbocycles. The highest BCUT2D eigenvalue weighted by Crippen LogP contribution is 2.27. The highest BCUT2D eigenvalue weighted by atomic mass is 32.2. The minimum atomic E-state index is -4.01. The van der Waals surface area contributed by atoms with Crippen molar-refractivity contribution in [2.45, 2.75) is 135 Å². The third kappa shape index (κ3) is 14.0. The van der Waals surface area contributed by atoms with Crippen LogP contribution in [0, 0.1) is 0 Å². The number of aryl methyl sites for hydroxylation is 1. The SMILES string of the molecule is CCCCCCCCCc1cccc(OCCC(C)S(=O)(=O)O)c1CCCCCCCCC. The van der Waals surface area contributed by atoms with Gasteiger partial charge in [-0.1, -0.05) is 103 Å². The maximum atomic E-state index is 11.3. The first kappa shape index (κ1) is 30.0. The highest BCUT2D eigenvalue weighted by molar-refractivity contribution is 7.86. The molecule has 0 spiro atoms. The predicted molar refractivity (Wildman–Crippen MR) is 141 cm³/mol. The summed E-state index contributed by atoms with van der Waals surface area (Å²) in [5, 5.41) is -0.806. The molecule has 0 heterocycles. The molecule has 4 nitrogen and oxygen atoms in total. The summed E-state index contributed by atoms with van der Waals surface area (Å²) in [4.78, 5) is 0. The third-order valence-electron chi connectivity index (χ3n) is 6.60. The van der Waals surface area contributed by atoms with Gasteiger partial charge in [-0.25, -0.2) is 0 Å². The zero-order chi connectivity index (χ0) is 24.4.